The molecule has 1 saturated carbocycles. The smallest absolute Gasteiger partial charge is 0.291 e. The molecule has 5 aromatic rings. The summed E-state index contributed by atoms with van der Waals surface area (Å²) in [4.78, 5) is 50.1. The number of furan rings is 1. The normalized spacial score (nSPS) is 20.2. The average Bonchev–Trinajstić information content (AvgIpc) is 3.45. The molecule has 1 aliphatic heterocycles. The van der Waals surface area contributed by atoms with Gasteiger partial charge in [0.05, 0.1) is 5.69 Å². The summed E-state index contributed by atoms with van der Waals surface area (Å²) in [6.07, 6.45) is 4.49. The Hall–Kier alpha value is -5.05. The van der Waals surface area contributed by atoms with Gasteiger partial charge in [0.1, 0.15) is 11.3 Å². The molecule has 2 aliphatic carbocycles. The van der Waals surface area contributed by atoms with Gasteiger partial charge < -0.3 is 29.5 Å². The number of H-pyrrole nitrogens is 2. The monoisotopic (exact) mass is 573 g/mol. The topological polar surface area (TPSA) is 114 Å². The third-order valence-electron chi connectivity index (χ3n) is 9.50. The number of hydrogen-bond acceptors (Lipinski definition) is 5. The Bertz CT molecular complexity index is 2040. The van der Waals surface area contributed by atoms with Gasteiger partial charge in [0, 0.05) is 76.7 Å². The van der Waals surface area contributed by atoms with Crippen molar-refractivity contribution in [3.05, 3.63) is 94.8 Å². The number of allylic oxidation sites excluding steroid dienone is 2. The molecule has 2 amide bonds. The molecule has 3 N–H and O–H groups in total. The van der Waals surface area contributed by atoms with E-state index in [9.17, 15) is 14.4 Å². The summed E-state index contributed by atoms with van der Waals surface area (Å²) < 4.78 is 5.92. The molecule has 3 aliphatic rings. The second-order valence-electron chi connectivity index (χ2n) is 11.8. The number of nitrogens with one attached hydrogen (secondary N) is 3. The maximum Gasteiger partial charge on any atom is 0.291 e. The second kappa shape index (κ2) is 8.97. The molecular weight excluding hydrogens is 542 g/mol. The SMILES string of the molecule is CCN(CC)c1ccc2cc(C(=O)Nc3ccc4[nH]c(C(=O)N5C[C@@H]6C[C@]67C5=CC(=O)c5[nH]cc(C)c57)cc4c3)oc2c1. The predicted molar refractivity (Wildman–Crippen MR) is 165 cm³/mol. The molecular formula is C34H31N5O4. The van der Waals surface area contributed by atoms with Crippen LogP contribution in [0.5, 0.6) is 0 Å². The summed E-state index contributed by atoms with van der Waals surface area (Å²) in [7, 11) is 0. The highest BCUT2D eigenvalue weighted by atomic mass is 16.3. The van der Waals surface area contributed by atoms with Crippen molar-refractivity contribution < 1.29 is 18.8 Å². The molecule has 0 unspecified atom stereocenters. The molecule has 4 heterocycles. The van der Waals surface area contributed by atoms with E-state index in [4.69, 9.17) is 4.42 Å². The Balaban J connectivity index is 1.03. The number of carbonyl (C=O) groups is 3. The lowest BCUT2D eigenvalue weighted by atomic mass is 9.83. The van der Waals surface area contributed by atoms with Gasteiger partial charge in [-0.25, -0.2) is 0 Å². The van der Waals surface area contributed by atoms with E-state index in [1.807, 2.05) is 43.5 Å². The molecule has 2 fully saturated rings. The number of rotatable bonds is 6. The van der Waals surface area contributed by atoms with Gasteiger partial charge in [-0.2, -0.15) is 0 Å². The number of nitrogens with zero attached hydrogens (tertiary/aromatic N) is 2. The first-order chi connectivity index (χ1) is 20.8. The highest BCUT2D eigenvalue weighted by Crippen LogP contribution is 2.67. The fourth-order valence-electron chi connectivity index (χ4n) is 7.33. The molecule has 1 spiro atoms. The zero-order valence-corrected chi connectivity index (χ0v) is 24.2. The van der Waals surface area contributed by atoms with Crippen LogP contribution in [0.25, 0.3) is 21.9 Å². The van der Waals surface area contributed by atoms with Gasteiger partial charge in [-0.3, -0.25) is 14.4 Å². The molecule has 9 nitrogen and oxygen atoms in total. The van der Waals surface area contributed by atoms with E-state index in [2.05, 4.69) is 34.0 Å². The predicted octanol–water partition coefficient (Wildman–Crippen LogP) is 6.14. The molecule has 8 rings (SSSR count). The largest absolute Gasteiger partial charge is 0.451 e. The van der Waals surface area contributed by atoms with Gasteiger partial charge in [0.2, 0.25) is 5.78 Å². The zero-order valence-electron chi connectivity index (χ0n) is 24.2. The number of benzene rings is 2. The quantitative estimate of drug-likeness (QED) is 0.226. The molecule has 2 aromatic carbocycles. The molecule has 1 saturated heterocycles. The fraction of sp³-hybridized carbons (Fsp3) is 0.265. The first-order valence-corrected chi connectivity index (χ1v) is 14.8. The number of aromatic amines is 2. The summed E-state index contributed by atoms with van der Waals surface area (Å²) in [5.41, 5.74) is 6.89. The van der Waals surface area contributed by atoms with Crippen molar-refractivity contribution in [2.24, 2.45) is 5.92 Å². The van der Waals surface area contributed by atoms with Crippen LogP contribution in [0, 0.1) is 12.8 Å². The first-order valence-electron chi connectivity index (χ1n) is 14.8. The number of piperidine rings is 1. The lowest BCUT2D eigenvalue weighted by Crippen LogP contribution is -2.34. The molecule has 0 radical (unpaired) electrons. The van der Waals surface area contributed by atoms with Crippen LogP contribution in [0.15, 0.2) is 70.9 Å². The van der Waals surface area contributed by atoms with Crippen molar-refractivity contribution in [1.29, 1.82) is 0 Å². The Morgan fingerprint density at radius 1 is 1.09 bits per heavy atom. The number of anilines is 2. The van der Waals surface area contributed by atoms with Gasteiger partial charge in [0.15, 0.2) is 5.76 Å². The van der Waals surface area contributed by atoms with Crippen LogP contribution in [-0.2, 0) is 5.41 Å². The van der Waals surface area contributed by atoms with Crippen molar-refractivity contribution in [2.75, 3.05) is 29.9 Å². The van der Waals surface area contributed by atoms with Crippen LogP contribution < -0.4 is 10.2 Å². The van der Waals surface area contributed by atoms with Gasteiger partial charge in [-0.05, 0) is 86.7 Å². The van der Waals surface area contributed by atoms with Gasteiger partial charge >= 0.3 is 0 Å². The Kier molecular flexibility index (Phi) is 5.35. The Labute approximate surface area is 247 Å². The zero-order chi connectivity index (χ0) is 29.6. The number of amides is 2. The Morgan fingerprint density at radius 2 is 1.93 bits per heavy atom. The highest BCUT2D eigenvalue weighted by molar-refractivity contribution is 6.10. The fourth-order valence-corrected chi connectivity index (χ4v) is 7.33. The number of fused-ring (bicyclic) bond motifs is 3. The van der Waals surface area contributed by atoms with E-state index >= 15 is 0 Å². The van der Waals surface area contributed by atoms with Crippen molar-refractivity contribution in [3.8, 4) is 0 Å². The van der Waals surface area contributed by atoms with Gasteiger partial charge in [-0.1, -0.05) is 0 Å². The van der Waals surface area contributed by atoms with Gasteiger partial charge in [0.25, 0.3) is 11.8 Å². The van der Waals surface area contributed by atoms with Crippen molar-refractivity contribution in [2.45, 2.75) is 32.6 Å². The first kappa shape index (κ1) is 25.6. The third-order valence-corrected chi connectivity index (χ3v) is 9.50. The number of carbonyl (C=O) groups excluding carboxylic acids is 3. The molecule has 0 bridgehead atoms. The molecule has 216 valence electrons. The molecule has 9 heteroatoms. The van der Waals surface area contributed by atoms with Crippen molar-refractivity contribution >= 4 is 50.8 Å². The van der Waals surface area contributed by atoms with Crippen LogP contribution >= 0.6 is 0 Å². The minimum Gasteiger partial charge on any atom is -0.451 e. The molecule has 3 aromatic heterocycles. The van der Waals surface area contributed by atoms with E-state index in [0.29, 0.717) is 35.1 Å². The average molecular weight is 574 g/mol. The maximum absolute atomic E-state index is 13.8. The summed E-state index contributed by atoms with van der Waals surface area (Å²) in [5.74, 6) is -0.0383. The summed E-state index contributed by atoms with van der Waals surface area (Å²) in [6, 6.07) is 15.0. The van der Waals surface area contributed by atoms with Crippen LogP contribution in [0.4, 0.5) is 11.4 Å². The Morgan fingerprint density at radius 3 is 2.74 bits per heavy atom. The van der Waals surface area contributed by atoms with Crippen LogP contribution in [-0.4, -0.2) is 52.1 Å². The summed E-state index contributed by atoms with van der Waals surface area (Å²) >= 11 is 0. The summed E-state index contributed by atoms with van der Waals surface area (Å²) in [5, 5.41) is 4.59. The van der Waals surface area contributed by atoms with Crippen LogP contribution in [0.3, 0.4) is 0 Å². The number of aromatic nitrogens is 2. The molecule has 43 heavy (non-hydrogen) atoms. The van der Waals surface area contributed by atoms with E-state index in [1.54, 1.807) is 29.2 Å². The minimum absolute atomic E-state index is 0.0834. The van der Waals surface area contributed by atoms with Crippen LogP contribution in [0.1, 0.15) is 62.9 Å². The van der Waals surface area contributed by atoms with Crippen LogP contribution in [0.2, 0.25) is 0 Å². The number of likely N-dealkylation sites (tertiary alicyclic amines) is 1. The maximum atomic E-state index is 13.8. The van der Waals surface area contributed by atoms with Crippen molar-refractivity contribution in [1.82, 2.24) is 14.9 Å². The van der Waals surface area contributed by atoms with E-state index in [1.165, 1.54) is 0 Å². The number of hydrogen-bond donors (Lipinski definition) is 3. The summed E-state index contributed by atoms with van der Waals surface area (Å²) in [6.45, 7) is 8.59. The molecule has 2 atom stereocenters. The number of ketones is 1. The lowest BCUT2D eigenvalue weighted by Gasteiger charge is -2.28. The third kappa shape index (κ3) is 3.67. The number of aryl methyl sites for hydroxylation is 1. The van der Waals surface area contributed by atoms with E-state index in [0.717, 1.165) is 58.3 Å². The van der Waals surface area contributed by atoms with Crippen molar-refractivity contribution in [3.63, 3.8) is 0 Å². The minimum atomic E-state index is -0.346. The standard InChI is InChI=1S/C34H31N5O4/c1-4-38(5-2)23-8-6-19-12-28(43-27(19)13-23)32(41)36-22-7-9-24-20(10-22)11-25(37-24)33(42)39-17-21-15-34(21)29(39)14-26(40)31-30(34)18(3)16-35-31/h6-14,16,21,35,37H,4-5,15,17H2,1-3H3,(H,36,41)/t21-,34+/m0/s1. The lowest BCUT2D eigenvalue weighted by molar-refractivity contribution is 0.0806. The highest BCUT2D eigenvalue weighted by Gasteiger charge is 2.68. The van der Waals surface area contributed by atoms with Gasteiger partial charge in [-0.15, -0.1) is 0 Å². The van der Waals surface area contributed by atoms with E-state index < -0.39 is 0 Å². The van der Waals surface area contributed by atoms with E-state index in [-0.39, 0.29) is 28.8 Å². The second-order valence-corrected chi connectivity index (χ2v) is 11.8.